The van der Waals surface area contributed by atoms with Crippen LogP contribution in [0.1, 0.15) is 38.6 Å². The van der Waals surface area contributed by atoms with Gasteiger partial charge in [-0.25, -0.2) is 9.37 Å². The Morgan fingerprint density at radius 1 is 1.32 bits per heavy atom. The number of thiophene rings is 1. The average Bonchev–Trinajstić information content (AvgIpc) is 3.14. The first-order valence-corrected chi connectivity index (χ1v) is 9.08. The Bertz CT molecular complexity index is 1080. The molecule has 0 saturated carbocycles. The lowest BCUT2D eigenvalue weighted by atomic mass is 10.1. The number of nitrogens with zero attached hydrogens (tertiary/aromatic N) is 2. The maximum absolute atomic E-state index is 13.4. The first-order valence-electron chi connectivity index (χ1n) is 8.26. The van der Waals surface area contributed by atoms with Gasteiger partial charge in [-0.1, -0.05) is 0 Å². The molecule has 0 radical (unpaired) electrons. The third kappa shape index (κ3) is 2.61. The highest BCUT2D eigenvalue weighted by atomic mass is 32.1. The fourth-order valence-corrected chi connectivity index (χ4v) is 4.72. The summed E-state index contributed by atoms with van der Waals surface area (Å²) in [5.41, 5.74) is 1.78. The molecule has 1 aromatic carbocycles. The number of halogens is 1. The maximum atomic E-state index is 13.4. The molecule has 4 rings (SSSR count). The number of rotatable bonds is 3. The van der Waals surface area contributed by atoms with Crippen molar-refractivity contribution in [1.82, 2.24) is 9.55 Å². The van der Waals surface area contributed by atoms with Gasteiger partial charge >= 0.3 is 0 Å². The lowest BCUT2D eigenvalue weighted by molar-refractivity contribution is 0.0969. The molecular weight excluding hydrogens is 339 g/mol. The molecule has 1 aliphatic rings. The van der Waals surface area contributed by atoms with Crippen LogP contribution in [0.4, 0.5) is 4.39 Å². The van der Waals surface area contributed by atoms with E-state index in [9.17, 15) is 14.0 Å². The van der Waals surface area contributed by atoms with E-state index < -0.39 is 0 Å². The van der Waals surface area contributed by atoms with Crippen LogP contribution in [0, 0.1) is 19.7 Å². The van der Waals surface area contributed by atoms with E-state index in [1.54, 1.807) is 25.2 Å². The van der Waals surface area contributed by atoms with Crippen molar-refractivity contribution in [2.45, 2.75) is 39.7 Å². The number of benzene rings is 1. The summed E-state index contributed by atoms with van der Waals surface area (Å²) in [6.07, 6.45) is 2.97. The quantitative estimate of drug-likeness (QED) is 0.674. The van der Waals surface area contributed by atoms with Crippen molar-refractivity contribution in [3.05, 3.63) is 61.8 Å². The SMILES string of the molecule is Cc1cc(C(=O)Cn2c(C)nc3sc4c(c3c2=O)CCC4)ccc1F. The summed E-state index contributed by atoms with van der Waals surface area (Å²) < 4.78 is 14.8. The number of hydrogen-bond donors (Lipinski definition) is 0. The summed E-state index contributed by atoms with van der Waals surface area (Å²) in [4.78, 5) is 32.1. The lowest BCUT2D eigenvalue weighted by Crippen LogP contribution is -2.27. The van der Waals surface area contributed by atoms with E-state index in [0.717, 1.165) is 29.7 Å². The zero-order valence-electron chi connectivity index (χ0n) is 14.1. The van der Waals surface area contributed by atoms with Crippen molar-refractivity contribution in [2.75, 3.05) is 0 Å². The third-order valence-corrected chi connectivity index (χ3v) is 5.98. The normalized spacial score (nSPS) is 13.4. The highest BCUT2D eigenvalue weighted by Gasteiger charge is 2.23. The molecule has 2 heterocycles. The summed E-state index contributed by atoms with van der Waals surface area (Å²) in [6.45, 7) is 3.28. The summed E-state index contributed by atoms with van der Waals surface area (Å²) in [5.74, 6) is -0.0345. The topological polar surface area (TPSA) is 52.0 Å². The second-order valence-corrected chi connectivity index (χ2v) is 7.56. The zero-order chi connectivity index (χ0) is 17.7. The number of carbonyl (C=O) groups is 1. The lowest BCUT2D eigenvalue weighted by Gasteiger charge is -2.10. The fraction of sp³-hybridized carbons (Fsp3) is 0.316. The molecule has 3 aromatic rings. The molecule has 0 fully saturated rings. The Labute approximate surface area is 147 Å². The van der Waals surface area contributed by atoms with Crippen LogP contribution in [0.5, 0.6) is 0 Å². The Hall–Kier alpha value is -2.34. The summed E-state index contributed by atoms with van der Waals surface area (Å²) in [6, 6.07) is 4.26. The highest BCUT2D eigenvalue weighted by molar-refractivity contribution is 7.18. The van der Waals surface area contributed by atoms with Gasteiger partial charge in [-0.15, -0.1) is 11.3 Å². The first-order chi connectivity index (χ1) is 12.0. The standard InChI is InChI=1S/C19H17FN2O2S/c1-10-8-12(6-7-14(10)20)15(23)9-22-11(2)21-18-17(19(22)24)13-4-3-5-16(13)25-18/h6-8H,3-5,9H2,1-2H3. The Balaban J connectivity index is 1.77. The van der Waals surface area contributed by atoms with Gasteiger partial charge in [0.05, 0.1) is 11.9 Å². The number of ketones is 1. The van der Waals surface area contributed by atoms with Crippen molar-refractivity contribution in [1.29, 1.82) is 0 Å². The van der Waals surface area contributed by atoms with Crippen LogP contribution in [-0.2, 0) is 19.4 Å². The van der Waals surface area contributed by atoms with Crippen molar-refractivity contribution >= 4 is 27.3 Å². The van der Waals surface area contributed by atoms with Gasteiger partial charge in [0, 0.05) is 10.4 Å². The van der Waals surface area contributed by atoms with Crippen molar-refractivity contribution in [2.24, 2.45) is 0 Å². The fourth-order valence-electron chi connectivity index (χ4n) is 3.42. The molecule has 0 aliphatic heterocycles. The minimum atomic E-state index is -0.346. The van der Waals surface area contributed by atoms with Crippen molar-refractivity contribution in [3.63, 3.8) is 0 Å². The van der Waals surface area contributed by atoms with Crippen LogP contribution in [0.25, 0.3) is 10.2 Å². The predicted octanol–water partition coefficient (Wildman–Crippen LogP) is 3.59. The Morgan fingerprint density at radius 2 is 2.12 bits per heavy atom. The summed E-state index contributed by atoms with van der Waals surface area (Å²) in [7, 11) is 0. The van der Waals surface area contributed by atoms with E-state index in [1.807, 2.05) is 0 Å². The molecule has 0 unspecified atom stereocenters. The molecule has 25 heavy (non-hydrogen) atoms. The number of aromatic nitrogens is 2. The first kappa shape index (κ1) is 16.1. The number of carbonyl (C=O) groups excluding carboxylic acids is 1. The van der Waals surface area contributed by atoms with Gasteiger partial charge in [0.15, 0.2) is 5.78 Å². The molecular formula is C19H17FN2O2S. The molecule has 1 aliphatic carbocycles. The largest absolute Gasteiger partial charge is 0.292 e. The van der Waals surface area contributed by atoms with E-state index in [0.29, 0.717) is 22.3 Å². The maximum Gasteiger partial charge on any atom is 0.262 e. The van der Waals surface area contributed by atoms with E-state index in [-0.39, 0.29) is 23.7 Å². The molecule has 0 bridgehead atoms. The minimum Gasteiger partial charge on any atom is -0.292 e. The van der Waals surface area contributed by atoms with Crippen LogP contribution in [-0.4, -0.2) is 15.3 Å². The van der Waals surface area contributed by atoms with Crippen LogP contribution < -0.4 is 5.56 Å². The monoisotopic (exact) mass is 356 g/mol. The molecule has 0 atom stereocenters. The van der Waals surface area contributed by atoms with E-state index >= 15 is 0 Å². The van der Waals surface area contributed by atoms with Crippen molar-refractivity contribution < 1.29 is 9.18 Å². The van der Waals surface area contributed by atoms with Crippen LogP contribution in [0.2, 0.25) is 0 Å². The van der Waals surface area contributed by atoms with E-state index in [1.165, 1.54) is 27.6 Å². The summed E-state index contributed by atoms with van der Waals surface area (Å²) in [5, 5.41) is 0.672. The average molecular weight is 356 g/mol. The molecule has 2 aromatic heterocycles. The number of aryl methyl sites for hydroxylation is 4. The van der Waals surface area contributed by atoms with Gasteiger partial charge in [-0.3, -0.25) is 14.2 Å². The van der Waals surface area contributed by atoms with Crippen LogP contribution in [0.15, 0.2) is 23.0 Å². The van der Waals surface area contributed by atoms with E-state index in [2.05, 4.69) is 4.98 Å². The van der Waals surface area contributed by atoms with Gasteiger partial charge in [0.2, 0.25) is 0 Å². The predicted molar refractivity (Wildman–Crippen MR) is 96.1 cm³/mol. The zero-order valence-corrected chi connectivity index (χ0v) is 14.9. The second kappa shape index (κ2) is 5.88. The Kier molecular flexibility index (Phi) is 3.80. The van der Waals surface area contributed by atoms with Gasteiger partial charge < -0.3 is 0 Å². The molecule has 0 saturated heterocycles. The van der Waals surface area contributed by atoms with Gasteiger partial charge in [-0.05, 0) is 62.4 Å². The van der Waals surface area contributed by atoms with Crippen LogP contribution >= 0.6 is 11.3 Å². The molecule has 0 amide bonds. The minimum absolute atomic E-state index is 0.0801. The molecule has 4 nitrogen and oxygen atoms in total. The second-order valence-electron chi connectivity index (χ2n) is 6.47. The Morgan fingerprint density at radius 3 is 2.88 bits per heavy atom. The number of fused-ring (bicyclic) bond motifs is 3. The van der Waals surface area contributed by atoms with Crippen LogP contribution in [0.3, 0.4) is 0 Å². The smallest absolute Gasteiger partial charge is 0.262 e. The summed E-state index contributed by atoms with van der Waals surface area (Å²) >= 11 is 1.59. The molecule has 6 heteroatoms. The van der Waals surface area contributed by atoms with Crippen molar-refractivity contribution in [3.8, 4) is 0 Å². The van der Waals surface area contributed by atoms with Gasteiger partial charge in [0.1, 0.15) is 16.5 Å². The third-order valence-electron chi connectivity index (χ3n) is 4.80. The molecule has 0 spiro atoms. The highest BCUT2D eigenvalue weighted by Crippen LogP contribution is 2.34. The van der Waals surface area contributed by atoms with Gasteiger partial charge in [-0.2, -0.15) is 0 Å². The van der Waals surface area contributed by atoms with E-state index in [4.69, 9.17) is 0 Å². The van der Waals surface area contributed by atoms with Gasteiger partial charge in [0.25, 0.3) is 5.56 Å². The molecule has 128 valence electrons. The number of Topliss-reactive ketones (excluding diaryl/α,β-unsaturated/α-hetero) is 1. The molecule has 0 N–H and O–H groups in total. The number of hydrogen-bond acceptors (Lipinski definition) is 4.